The van der Waals surface area contributed by atoms with Crippen LogP contribution in [0, 0.1) is 5.41 Å². The summed E-state index contributed by atoms with van der Waals surface area (Å²) >= 11 is 0. The molecular formula is C7H15BF. The summed E-state index contributed by atoms with van der Waals surface area (Å²) < 4.78 is 11.8. The fraction of sp³-hybridized carbons (Fsp3) is 1.00. The van der Waals surface area contributed by atoms with E-state index < -0.39 is 0 Å². The average Bonchev–Trinajstić information content (AvgIpc) is 1.64. The van der Waals surface area contributed by atoms with Crippen LogP contribution in [0.2, 0.25) is 13.1 Å². The second-order valence-corrected chi connectivity index (χ2v) is 3.22. The van der Waals surface area contributed by atoms with Gasteiger partial charge in [-0.15, -0.1) is 0 Å². The van der Waals surface area contributed by atoms with E-state index in [0.29, 0.717) is 6.42 Å². The van der Waals surface area contributed by atoms with E-state index in [4.69, 9.17) is 0 Å². The van der Waals surface area contributed by atoms with Crippen LogP contribution >= 0.6 is 0 Å². The Kier molecular flexibility index (Phi) is 3.91. The van der Waals surface area contributed by atoms with Crippen molar-refractivity contribution in [2.45, 2.75) is 33.4 Å². The molecule has 0 amide bonds. The van der Waals surface area contributed by atoms with Gasteiger partial charge in [-0.25, -0.2) is 0 Å². The van der Waals surface area contributed by atoms with Gasteiger partial charge in [0.1, 0.15) is 7.28 Å². The molecule has 0 aromatic carbocycles. The zero-order valence-corrected chi connectivity index (χ0v) is 6.58. The van der Waals surface area contributed by atoms with Crippen molar-refractivity contribution in [2.24, 2.45) is 5.41 Å². The molecule has 2 heteroatoms. The van der Waals surface area contributed by atoms with Gasteiger partial charge >= 0.3 is 0 Å². The first kappa shape index (κ1) is 8.99. The van der Waals surface area contributed by atoms with Gasteiger partial charge in [-0.05, 0) is 11.8 Å². The molecule has 0 saturated heterocycles. The predicted octanol–water partition coefficient (Wildman–Crippen LogP) is 2.54. The zero-order valence-electron chi connectivity index (χ0n) is 6.58. The van der Waals surface area contributed by atoms with Crippen LogP contribution in [0.25, 0.3) is 0 Å². The maximum atomic E-state index is 11.8. The van der Waals surface area contributed by atoms with Crippen molar-refractivity contribution in [1.29, 1.82) is 0 Å². The molecule has 0 aliphatic rings. The maximum Gasteiger partial charge on any atom is 0.106 e. The second-order valence-electron chi connectivity index (χ2n) is 3.22. The lowest BCUT2D eigenvalue weighted by Crippen LogP contribution is -2.13. The van der Waals surface area contributed by atoms with Crippen LogP contribution in [0.3, 0.4) is 0 Å². The minimum atomic E-state index is -0.194. The largest absolute Gasteiger partial charge is 0.251 e. The number of hydrogen-bond donors (Lipinski definition) is 0. The van der Waals surface area contributed by atoms with Crippen molar-refractivity contribution >= 4 is 7.28 Å². The Morgan fingerprint density at radius 3 is 2.33 bits per heavy atom. The highest BCUT2D eigenvalue weighted by molar-refractivity contribution is 6.33. The van der Waals surface area contributed by atoms with E-state index in [1.54, 1.807) is 0 Å². The summed E-state index contributed by atoms with van der Waals surface area (Å²) in [5.74, 6) is 0. The third-order valence-electron chi connectivity index (χ3n) is 1.53. The molecule has 0 nitrogen and oxygen atoms in total. The van der Waals surface area contributed by atoms with Gasteiger partial charge in [-0.3, -0.25) is 4.39 Å². The van der Waals surface area contributed by atoms with Crippen LogP contribution in [0.15, 0.2) is 0 Å². The van der Waals surface area contributed by atoms with E-state index in [1.165, 1.54) is 0 Å². The van der Waals surface area contributed by atoms with E-state index in [2.05, 4.69) is 21.1 Å². The summed E-state index contributed by atoms with van der Waals surface area (Å²) in [5.41, 5.74) is 0.170. The monoisotopic (exact) mass is 129 g/mol. The van der Waals surface area contributed by atoms with Crippen LogP contribution in [0.4, 0.5) is 4.39 Å². The van der Waals surface area contributed by atoms with Gasteiger partial charge in [-0.1, -0.05) is 27.0 Å². The fourth-order valence-electron chi connectivity index (χ4n) is 0.910. The van der Waals surface area contributed by atoms with Crippen LogP contribution in [-0.4, -0.2) is 14.0 Å². The molecular weight excluding hydrogens is 114 g/mol. The molecule has 0 N–H and O–H groups in total. The highest BCUT2D eigenvalue weighted by Crippen LogP contribution is 2.24. The van der Waals surface area contributed by atoms with Crippen LogP contribution in [0.1, 0.15) is 20.3 Å². The molecule has 0 aromatic rings. The molecule has 0 aliphatic carbocycles. The normalized spacial score (nSPS) is 11.6. The number of halogens is 1. The summed E-state index contributed by atoms with van der Waals surface area (Å²) in [7, 11) is 2.09. The maximum absolute atomic E-state index is 11.8. The lowest BCUT2D eigenvalue weighted by molar-refractivity contribution is 0.316. The van der Waals surface area contributed by atoms with Gasteiger partial charge in [0, 0.05) is 0 Å². The summed E-state index contributed by atoms with van der Waals surface area (Å²) in [5, 5.41) is 0. The molecule has 0 aromatic heterocycles. The van der Waals surface area contributed by atoms with Crippen molar-refractivity contribution in [3.8, 4) is 0 Å². The molecule has 0 heterocycles. The molecule has 0 aliphatic heterocycles. The molecule has 53 valence electrons. The second kappa shape index (κ2) is 3.92. The van der Waals surface area contributed by atoms with Gasteiger partial charge in [0.2, 0.25) is 0 Å². The van der Waals surface area contributed by atoms with Gasteiger partial charge < -0.3 is 0 Å². The van der Waals surface area contributed by atoms with Gasteiger partial charge in [0.25, 0.3) is 0 Å². The third kappa shape index (κ3) is 4.50. The first-order valence-electron chi connectivity index (χ1n) is 3.46. The Bertz CT molecular complexity index is 63.3. The fourth-order valence-corrected chi connectivity index (χ4v) is 0.910. The quantitative estimate of drug-likeness (QED) is 0.511. The molecule has 9 heavy (non-hydrogen) atoms. The summed E-state index contributed by atoms with van der Waals surface area (Å²) in [4.78, 5) is 0. The molecule has 0 rings (SSSR count). The van der Waals surface area contributed by atoms with Crippen molar-refractivity contribution in [1.82, 2.24) is 0 Å². The predicted molar refractivity (Wildman–Crippen MR) is 40.8 cm³/mol. The number of rotatable bonds is 4. The summed E-state index contributed by atoms with van der Waals surface area (Å²) in [6.07, 6.45) is 1.69. The Labute approximate surface area is 58.1 Å². The van der Waals surface area contributed by atoms with E-state index in [1.807, 2.05) is 6.82 Å². The van der Waals surface area contributed by atoms with E-state index in [0.717, 1.165) is 6.32 Å². The van der Waals surface area contributed by atoms with E-state index >= 15 is 0 Å². The highest BCUT2D eigenvalue weighted by Gasteiger charge is 2.15. The topological polar surface area (TPSA) is 0 Å². The van der Waals surface area contributed by atoms with E-state index in [9.17, 15) is 4.39 Å². The van der Waals surface area contributed by atoms with Crippen LogP contribution in [0.5, 0.6) is 0 Å². The Morgan fingerprint density at radius 2 is 2.00 bits per heavy atom. The highest BCUT2D eigenvalue weighted by atomic mass is 19.1. The molecule has 0 spiro atoms. The first-order valence-corrected chi connectivity index (χ1v) is 3.46. The van der Waals surface area contributed by atoms with Crippen molar-refractivity contribution < 1.29 is 4.39 Å². The smallest absolute Gasteiger partial charge is 0.106 e. The molecule has 0 fully saturated rings. The van der Waals surface area contributed by atoms with Crippen LogP contribution < -0.4 is 0 Å². The Hall–Kier alpha value is -0.00506. The molecule has 1 radical (unpaired) electrons. The minimum Gasteiger partial charge on any atom is -0.251 e. The lowest BCUT2D eigenvalue weighted by atomic mass is 9.65. The third-order valence-corrected chi connectivity index (χ3v) is 1.53. The molecule has 0 bridgehead atoms. The molecule has 0 unspecified atom stereocenters. The SMILES string of the molecule is C[B]CC(C)(C)CCF. The Morgan fingerprint density at radius 1 is 1.44 bits per heavy atom. The number of hydrogen-bond acceptors (Lipinski definition) is 0. The lowest BCUT2D eigenvalue weighted by Gasteiger charge is -2.21. The van der Waals surface area contributed by atoms with Gasteiger partial charge in [0.05, 0.1) is 6.67 Å². The minimum absolute atomic E-state index is 0.170. The summed E-state index contributed by atoms with van der Waals surface area (Å²) in [6, 6.07) is 0. The first-order chi connectivity index (χ1) is 4.12. The molecule has 0 atom stereocenters. The Balaban J connectivity index is 3.43. The molecule has 0 saturated carbocycles. The van der Waals surface area contributed by atoms with Crippen molar-refractivity contribution in [3.63, 3.8) is 0 Å². The van der Waals surface area contributed by atoms with Crippen molar-refractivity contribution in [2.75, 3.05) is 6.67 Å². The van der Waals surface area contributed by atoms with Gasteiger partial charge in [-0.2, -0.15) is 0 Å². The van der Waals surface area contributed by atoms with Crippen molar-refractivity contribution in [3.05, 3.63) is 0 Å². The van der Waals surface area contributed by atoms with Gasteiger partial charge in [0.15, 0.2) is 0 Å². The van der Waals surface area contributed by atoms with Crippen LogP contribution in [-0.2, 0) is 0 Å². The zero-order chi connectivity index (χ0) is 7.33. The number of alkyl halides is 1. The summed E-state index contributed by atoms with van der Waals surface area (Å²) in [6.45, 7) is 6.00. The average molecular weight is 129 g/mol. The van der Waals surface area contributed by atoms with E-state index in [-0.39, 0.29) is 12.1 Å². The standard InChI is InChI=1S/C7H15BF/c1-7(2,4-5-9)6-8-3/h4-6H2,1-3H3.